The Morgan fingerprint density at radius 3 is 2.18 bits per heavy atom. The third kappa shape index (κ3) is 6.15. The molecule has 0 saturated carbocycles. The molecule has 152 valence electrons. The topological polar surface area (TPSA) is 92.7 Å². The molecule has 28 heavy (non-hydrogen) atoms. The van der Waals surface area contributed by atoms with E-state index in [2.05, 4.69) is 67.8 Å². The first-order chi connectivity index (χ1) is 12.9. The third-order valence-corrected chi connectivity index (χ3v) is 6.84. The average Bonchev–Trinajstić information content (AvgIpc) is 2.54. The molecule has 0 radical (unpaired) electrons. The average molecular weight is 741 g/mol. The van der Waals surface area contributed by atoms with Crippen LogP contribution in [0.25, 0.3) is 0 Å². The van der Waals surface area contributed by atoms with Crippen molar-refractivity contribution in [3.05, 3.63) is 46.1 Å². The van der Waals surface area contributed by atoms with Gasteiger partial charge in [-0.2, -0.15) is 0 Å². The number of rotatable bonds is 6. The first-order valence-corrected chi connectivity index (χ1v) is 12.6. The largest absolute Gasteiger partial charge is 0.744 e. The highest BCUT2D eigenvalue weighted by molar-refractivity contribution is 14.1. The summed E-state index contributed by atoms with van der Waals surface area (Å²) in [4.78, 5) is 12.0. The van der Waals surface area contributed by atoms with Gasteiger partial charge in [0.2, 0.25) is 0 Å². The molecule has 0 aromatic heterocycles. The van der Waals surface area contributed by atoms with E-state index in [1.54, 1.807) is 20.8 Å². The Morgan fingerprint density at radius 1 is 1.11 bits per heavy atom. The van der Waals surface area contributed by atoms with Crippen LogP contribution in [0.5, 0.6) is 11.5 Å². The summed E-state index contributed by atoms with van der Waals surface area (Å²) in [5, 5.41) is 0. The second-order valence-electron chi connectivity index (χ2n) is 6.23. The first-order valence-electron chi connectivity index (χ1n) is 7.98. The zero-order chi connectivity index (χ0) is 21.2. The molecule has 2 aromatic carbocycles. The van der Waals surface area contributed by atoms with Gasteiger partial charge in [0.25, 0.3) is 0 Å². The van der Waals surface area contributed by atoms with Crippen LogP contribution in [-0.2, 0) is 14.9 Å². The number of esters is 1. The Morgan fingerprint density at radius 2 is 1.68 bits per heavy atom. The Balaban J connectivity index is 2.22. The molecular formula is C18H16I3O6S-. The minimum atomic E-state index is -4.62. The van der Waals surface area contributed by atoms with Gasteiger partial charge in [-0.1, -0.05) is 13.8 Å². The quantitative estimate of drug-likeness (QED) is 0.183. The van der Waals surface area contributed by atoms with Gasteiger partial charge >= 0.3 is 5.97 Å². The molecule has 0 amide bonds. The number of hydrogen-bond acceptors (Lipinski definition) is 6. The SMILES string of the molecule is Cc1cc(S(=O)(=O)[O-])c(C(C)C)cc1OC(=O)COc1c(I)cc(I)cc1I. The van der Waals surface area contributed by atoms with Crippen LogP contribution >= 0.6 is 67.8 Å². The van der Waals surface area contributed by atoms with Crippen LogP contribution in [0.4, 0.5) is 0 Å². The highest BCUT2D eigenvalue weighted by atomic mass is 127. The van der Waals surface area contributed by atoms with Gasteiger partial charge in [0.1, 0.15) is 21.6 Å². The van der Waals surface area contributed by atoms with Crippen LogP contribution in [0.1, 0.15) is 30.9 Å². The third-order valence-electron chi connectivity index (χ3n) is 3.72. The van der Waals surface area contributed by atoms with Gasteiger partial charge in [0.15, 0.2) is 6.61 Å². The van der Waals surface area contributed by atoms with E-state index >= 15 is 0 Å². The molecule has 10 heteroatoms. The van der Waals surface area contributed by atoms with E-state index in [9.17, 15) is 17.8 Å². The van der Waals surface area contributed by atoms with Crippen molar-refractivity contribution >= 4 is 83.9 Å². The van der Waals surface area contributed by atoms with Crippen molar-refractivity contribution < 1.29 is 27.2 Å². The van der Waals surface area contributed by atoms with Crippen molar-refractivity contribution in [2.45, 2.75) is 31.6 Å². The number of hydrogen-bond donors (Lipinski definition) is 0. The van der Waals surface area contributed by atoms with E-state index in [1.165, 1.54) is 12.1 Å². The van der Waals surface area contributed by atoms with E-state index < -0.39 is 16.1 Å². The predicted molar refractivity (Wildman–Crippen MR) is 129 cm³/mol. The molecule has 0 unspecified atom stereocenters. The minimum absolute atomic E-state index is 0.205. The van der Waals surface area contributed by atoms with Crippen LogP contribution in [0, 0.1) is 17.6 Å². The second-order valence-corrected chi connectivity index (χ2v) is 11.1. The minimum Gasteiger partial charge on any atom is -0.744 e. The summed E-state index contributed by atoms with van der Waals surface area (Å²) < 4.78 is 48.3. The molecule has 0 atom stereocenters. The Kier molecular flexibility index (Phi) is 8.38. The number of benzene rings is 2. The zero-order valence-corrected chi connectivity index (χ0v) is 22.4. The molecule has 2 rings (SSSR count). The first kappa shape index (κ1) is 24.1. The van der Waals surface area contributed by atoms with Crippen LogP contribution in [0.2, 0.25) is 0 Å². The molecule has 0 heterocycles. The molecule has 0 aliphatic rings. The van der Waals surface area contributed by atoms with E-state index in [-0.39, 0.29) is 23.2 Å². The lowest BCUT2D eigenvalue weighted by Crippen LogP contribution is -2.19. The van der Waals surface area contributed by atoms with Gasteiger partial charge in [0.05, 0.1) is 12.0 Å². The van der Waals surface area contributed by atoms with Crippen molar-refractivity contribution in [2.75, 3.05) is 6.61 Å². The fraction of sp³-hybridized carbons (Fsp3) is 0.278. The summed E-state index contributed by atoms with van der Waals surface area (Å²) in [6.07, 6.45) is 0. The Hall–Kier alpha value is -0.190. The van der Waals surface area contributed by atoms with Gasteiger partial charge in [-0.05, 0) is 116 Å². The maximum atomic E-state index is 12.3. The lowest BCUT2D eigenvalue weighted by Gasteiger charge is -2.19. The lowest BCUT2D eigenvalue weighted by atomic mass is 10.0. The van der Waals surface area contributed by atoms with Gasteiger partial charge < -0.3 is 14.0 Å². The van der Waals surface area contributed by atoms with E-state index in [0.717, 1.165) is 10.7 Å². The summed E-state index contributed by atoms with van der Waals surface area (Å²) in [6, 6.07) is 6.55. The van der Waals surface area contributed by atoms with E-state index in [0.29, 0.717) is 16.9 Å². The lowest BCUT2D eigenvalue weighted by molar-refractivity contribution is -0.136. The maximum Gasteiger partial charge on any atom is 0.349 e. The van der Waals surface area contributed by atoms with E-state index in [4.69, 9.17) is 9.47 Å². The fourth-order valence-corrected chi connectivity index (χ4v) is 7.20. The Bertz CT molecular complexity index is 995. The van der Waals surface area contributed by atoms with E-state index in [1.807, 2.05) is 12.1 Å². The van der Waals surface area contributed by atoms with Gasteiger partial charge in [-0.3, -0.25) is 0 Å². The van der Waals surface area contributed by atoms with Crippen molar-refractivity contribution in [1.82, 2.24) is 0 Å². The molecule has 0 spiro atoms. The molecule has 0 aliphatic carbocycles. The summed E-state index contributed by atoms with van der Waals surface area (Å²) in [5.41, 5.74) is 0.691. The summed E-state index contributed by atoms with van der Waals surface area (Å²) >= 11 is 6.48. The number of ether oxygens (including phenoxy) is 2. The molecule has 0 aliphatic heterocycles. The highest BCUT2D eigenvalue weighted by Crippen LogP contribution is 2.32. The highest BCUT2D eigenvalue weighted by Gasteiger charge is 2.18. The number of halogens is 3. The fourth-order valence-electron chi connectivity index (χ4n) is 2.40. The maximum absolute atomic E-state index is 12.3. The van der Waals surface area contributed by atoms with Crippen molar-refractivity contribution in [3.63, 3.8) is 0 Å². The predicted octanol–water partition coefficient (Wildman–Crippen LogP) is 4.82. The molecular weight excluding hydrogens is 725 g/mol. The molecule has 0 fully saturated rings. The summed E-state index contributed by atoms with van der Waals surface area (Å²) in [7, 11) is -4.62. The molecule has 2 aromatic rings. The normalized spacial score (nSPS) is 11.6. The van der Waals surface area contributed by atoms with Gasteiger partial charge in [0, 0.05) is 3.57 Å². The van der Waals surface area contributed by atoms with Crippen molar-refractivity contribution in [3.8, 4) is 11.5 Å². The summed E-state index contributed by atoms with van der Waals surface area (Å²) in [5.74, 6) is -0.0497. The van der Waals surface area contributed by atoms with Crippen LogP contribution in [0.15, 0.2) is 29.2 Å². The standard InChI is InChI=1S/C18H17I3O6S/c1-9(2)12-7-15(10(3)4-16(12)28(23,24)25)27-17(22)8-26-18-13(20)5-11(19)6-14(18)21/h4-7,9H,8H2,1-3H3,(H,23,24,25)/p-1. The van der Waals surface area contributed by atoms with Gasteiger partial charge in [-0.25, -0.2) is 13.2 Å². The van der Waals surface area contributed by atoms with Crippen LogP contribution in [0.3, 0.4) is 0 Å². The number of aryl methyl sites for hydroxylation is 1. The van der Waals surface area contributed by atoms with Crippen molar-refractivity contribution in [1.29, 1.82) is 0 Å². The molecule has 0 N–H and O–H groups in total. The molecule has 0 bridgehead atoms. The molecule has 6 nitrogen and oxygen atoms in total. The van der Waals surface area contributed by atoms with Gasteiger partial charge in [-0.15, -0.1) is 0 Å². The molecule has 0 saturated heterocycles. The monoisotopic (exact) mass is 741 g/mol. The smallest absolute Gasteiger partial charge is 0.349 e. The Labute approximate surface area is 204 Å². The number of carbonyl (C=O) groups excluding carboxylic acids is 1. The van der Waals surface area contributed by atoms with Crippen LogP contribution in [-0.4, -0.2) is 25.5 Å². The zero-order valence-electron chi connectivity index (χ0n) is 15.1. The van der Waals surface area contributed by atoms with Crippen molar-refractivity contribution in [2.24, 2.45) is 0 Å². The van der Waals surface area contributed by atoms with Crippen LogP contribution < -0.4 is 9.47 Å². The second kappa shape index (κ2) is 9.75. The summed E-state index contributed by atoms with van der Waals surface area (Å²) in [6.45, 7) is 4.79. The number of carbonyl (C=O) groups is 1.